The summed E-state index contributed by atoms with van der Waals surface area (Å²) in [6.45, 7) is 7.76. The molecule has 4 amide bonds. The van der Waals surface area contributed by atoms with E-state index in [1.807, 2.05) is 0 Å². The van der Waals surface area contributed by atoms with Crippen molar-refractivity contribution in [3.63, 3.8) is 0 Å². The maximum Gasteiger partial charge on any atom is 0.315 e. The van der Waals surface area contributed by atoms with Crippen LogP contribution in [0.5, 0.6) is 0 Å². The lowest BCUT2D eigenvalue weighted by molar-refractivity contribution is -0.124. The van der Waals surface area contributed by atoms with E-state index < -0.39 is 11.4 Å². The Bertz CT molecular complexity index is 616. The molecule has 7 heteroatoms. The minimum atomic E-state index is -0.562. The molecular formula is C20H34N4O3. The van der Waals surface area contributed by atoms with Gasteiger partial charge in [-0.2, -0.15) is 0 Å². The molecule has 0 aliphatic carbocycles. The topological polar surface area (TPSA) is 105 Å². The highest BCUT2D eigenvalue weighted by atomic mass is 16.2. The van der Waals surface area contributed by atoms with Gasteiger partial charge in [-0.05, 0) is 19.8 Å². The van der Waals surface area contributed by atoms with Gasteiger partial charge >= 0.3 is 6.03 Å². The number of hydrogen-bond acceptors (Lipinski definition) is 4. The number of carbonyl (C=O) groups is 3. The maximum atomic E-state index is 12.8. The molecule has 0 aromatic heterocycles. The van der Waals surface area contributed by atoms with E-state index >= 15 is 0 Å². The van der Waals surface area contributed by atoms with Gasteiger partial charge < -0.3 is 16.0 Å². The van der Waals surface area contributed by atoms with Gasteiger partial charge in [0.2, 0.25) is 0 Å². The molecule has 2 atom stereocenters. The van der Waals surface area contributed by atoms with Crippen LogP contribution in [0.3, 0.4) is 0 Å². The number of imide groups is 1. The van der Waals surface area contributed by atoms with Crippen LogP contribution in [0.2, 0.25) is 0 Å². The second kappa shape index (κ2) is 9.35. The van der Waals surface area contributed by atoms with Crippen molar-refractivity contribution < 1.29 is 14.4 Å². The summed E-state index contributed by atoms with van der Waals surface area (Å²) in [5.41, 5.74) is 6.20. The zero-order valence-electron chi connectivity index (χ0n) is 16.9. The van der Waals surface area contributed by atoms with Crippen molar-refractivity contribution in [1.82, 2.24) is 15.5 Å². The van der Waals surface area contributed by atoms with Crippen molar-refractivity contribution in [3.8, 4) is 0 Å². The Kier molecular flexibility index (Phi) is 7.41. The Morgan fingerprint density at radius 3 is 2.37 bits per heavy atom. The lowest BCUT2D eigenvalue weighted by Crippen LogP contribution is -2.62. The van der Waals surface area contributed by atoms with Crippen molar-refractivity contribution in [3.05, 3.63) is 11.1 Å². The van der Waals surface area contributed by atoms with Gasteiger partial charge in [0.15, 0.2) is 0 Å². The maximum absolute atomic E-state index is 12.8. The molecule has 2 aliphatic heterocycles. The summed E-state index contributed by atoms with van der Waals surface area (Å²) in [5, 5.41) is 5.83. The fourth-order valence-corrected chi connectivity index (χ4v) is 4.66. The molecule has 1 fully saturated rings. The monoisotopic (exact) mass is 378 g/mol. The molecular weight excluding hydrogens is 344 g/mol. The van der Waals surface area contributed by atoms with E-state index in [1.165, 1.54) is 0 Å². The number of nitrogens with one attached hydrogen (secondary N) is 2. The van der Waals surface area contributed by atoms with Gasteiger partial charge in [-0.3, -0.25) is 14.9 Å². The third-order valence-corrected chi connectivity index (χ3v) is 6.03. The Morgan fingerprint density at radius 2 is 1.81 bits per heavy atom. The average molecular weight is 379 g/mol. The molecule has 152 valence electrons. The number of urea groups is 1. The van der Waals surface area contributed by atoms with Crippen LogP contribution in [0.4, 0.5) is 4.79 Å². The molecule has 4 N–H and O–H groups in total. The number of amides is 4. The van der Waals surface area contributed by atoms with Crippen LogP contribution in [0.25, 0.3) is 0 Å². The lowest BCUT2D eigenvalue weighted by atomic mass is 9.65. The number of primary amides is 1. The van der Waals surface area contributed by atoms with E-state index in [-0.39, 0.29) is 17.9 Å². The summed E-state index contributed by atoms with van der Waals surface area (Å²) < 4.78 is 0. The molecule has 0 aromatic rings. The Balaban J connectivity index is 2.57. The number of nitrogens with zero attached hydrogens (tertiary/aromatic N) is 1. The molecule has 0 spiro atoms. The van der Waals surface area contributed by atoms with Gasteiger partial charge in [0.25, 0.3) is 11.8 Å². The second-order valence-corrected chi connectivity index (χ2v) is 7.75. The number of nitrogens with two attached hydrogens (primary N) is 1. The van der Waals surface area contributed by atoms with E-state index in [4.69, 9.17) is 5.73 Å². The van der Waals surface area contributed by atoms with Crippen molar-refractivity contribution in [1.29, 1.82) is 0 Å². The molecule has 0 bridgehead atoms. The van der Waals surface area contributed by atoms with Gasteiger partial charge in [-0.15, -0.1) is 0 Å². The number of hydrogen-bond donors (Lipinski definition) is 3. The molecule has 2 rings (SSSR count). The van der Waals surface area contributed by atoms with Crippen LogP contribution in [0.15, 0.2) is 11.1 Å². The molecule has 0 saturated carbocycles. The largest absolute Gasteiger partial charge is 0.351 e. The predicted molar refractivity (Wildman–Crippen MR) is 105 cm³/mol. The molecule has 2 heterocycles. The van der Waals surface area contributed by atoms with Gasteiger partial charge in [0.05, 0.1) is 6.04 Å². The normalized spacial score (nSPS) is 22.8. The van der Waals surface area contributed by atoms with Gasteiger partial charge in [-0.25, -0.2) is 4.79 Å². The number of rotatable bonds is 9. The van der Waals surface area contributed by atoms with E-state index in [1.54, 1.807) is 11.8 Å². The fourth-order valence-electron chi connectivity index (χ4n) is 4.66. The molecule has 27 heavy (non-hydrogen) atoms. The summed E-state index contributed by atoms with van der Waals surface area (Å²) in [6.07, 6.45) is 6.49. The molecule has 2 unspecified atom stereocenters. The van der Waals surface area contributed by atoms with Gasteiger partial charge in [0.1, 0.15) is 0 Å². The summed E-state index contributed by atoms with van der Waals surface area (Å²) in [7, 11) is 0. The van der Waals surface area contributed by atoms with Crippen LogP contribution in [-0.4, -0.2) is 48.4 Å². The zero-order valence-corrected chi connectivity index (χ0v) is 16.9. The first-order valence-electron chi connectivity index (χ1n) is 10.2. The third kappa shape index (κ3) is 4.34. The molecule has 0 aromatic carbocycles. The SMILES string of the molecule is CCCCCC(CCCC)(C1=C(C)C(=O)NC1=O)C1CNCCN1C(N)=O. The fraction of sp³-hybridized carbons (Fsp3) is 0.750. The summed E-state index contributed by atoms with van der Waals surface area (Å²) >= 11 is 0. The standard InChI is InChI=1S/C20H34N4O3/c1-4-6-8-10-20(9-7-5-2,16-14(3)17(25)23-18(16)26)15-13-22-11-12-24(15)19(21)27/h15,22H,4-13H2,1-3H3,(H2,21,27)(H,23,25,26). The van der Waals surface area contributed by atoms with Crippen molar-refractivity contribution in [2.24, 2.45) is 11.1 Å². The van der Waals surface area contributed by atoms with E-state index in [9.17, 15) is 14.4 Å². The first kappa shape index (κ1) is 21.4. The van der Waals surface area contributed by atoms with E-state index in [0.717, 1.165) is 44.9 Å². The van der Waals surface area contributed by atoms with Gasteiger partial charge in [-0.1, -0.05) is 46.0 Å². The van der Waals surface area contributed by atoms with E-state index in [0.29, 0.717) is 30.8 Å². The van der Waals surface area contributed by atoms with Crippen LogP contribution in [0.1, 0.15) is 65.7 Å². The third-order valence-electron chi connectivity index (χ3n) is 6.03. The molecule has 7 nitrogen and oxygen atoms in total. The summed E-state index contributed by atoms with van der Waals surface area (Å²) in [4.78, 5) is 38.9. The highest BCUT2D eigenvalue weighted by molar-refractivity contribution is 6.19. The first-order valence-corrected chi connectivity index (χ1v) is 10.2. The van der Waals surface area contributed by atoms with Crippen LogP contribution < -0.4 is 16.4 Å². The quantitative estimate of drug-likeness (QED) is 0.422. The number of carbonyl (C=O) groups excluding carboxylic acids is 3. The number of unbranched alkanes of at least 4 members (excludes halogenated alkanes) is 3. The Hall–Kier alpha value is -1.89. The minimum absolute atomic E-state index is 0.228. The average Bonchev–Trinajstić information content (AvgIpc) is 2.91. The van der Waals surface area contributed by atoms with Crippen LogP contribution >= 0.6 is 0 Å². The molecule has 0 radical (unpaired) electrons. The highest BCUT2D eigenvalue weighted by Gasteiger charge is 2.51. The predicted octanol–water partition coefficient (Wildman–Crippen LogP) is 2.07. The van der Waals surface area contributed by atoms with Crippen molar-refractivity contribution in [2.45, 2.75) is 71.8 Å². The summed E-state index contributed by atoms with van der Waals surface area (Å²) in [5.74, 6) is -0.624. The van der Waals surface area contributed by atoms with Gasteiger partial charge in [0, 0.05) is 36.2 Å². The first-order chi connectivity index (χ1) is 12.9. The van der Waals surface area contributed by atoms with Crippen LogP contribution in [0, 0.1) is 5.41 Å². The van der Waals surface area contributed by atoms with E-state index in [2.05, 4.69) is 24.5 Å². The smallest absolute Gasteiger partial charge is 0.315 e. The highest BCUT2D eigenvalue weighted by Crippen LogP contribution is 2.47. The van der Waals surface area contributed by atoms with Crippen LogP contribution in [-0.2, 0) is 9.59 Å². The number of piperazine rings is 1. The Labute approximate surface area is 162 Å². The lowest BCUT2D eigenvalue weighted by Gasteiger charge is -2.49. The van der Waals surface area contributed by atoms with Crippen molar-refractivity contribution in [2.75, 3.05) is 19.6 Å². The second-order valence-electron chi connectivity index (χ2n) is 7.75. The molecule has 1 saturated heterocycles. The minimum Gasteiger partial charge on any atom is -0.351 e. The summed E-state index contributed by atoms with van der Waals surface area (Å²) in [6, 6.07) is -0.686. The zero-order chi connectivity index (χ0) is 20.0. The van der Waals surface area contributed by atoms with Crippen molar-refractivity contribution >= 4 is 17.8 Å². The molecule has 2 aliphatic rings. The Morgan fingerprint density at radius 1 is 1.15 bits per heavy atom.